The van der Waals surface area contributed by atoms with Crippen LogP contribution in [0.2, 0.25) is 0 Å². The summed E-state index contributed by atoms with van der Waals surface area (Å²) in [6.45, 7) is 7.78. The Labute approximate surface area is 115 Å². The Hall–Kier alpha value is -1.57. The zero-order valence-electron chi connectivity index (χ0n) is 11.5. The van der Waals surface area contributed by atoms with E-state index < -0.39 is 0 Å². The molecule has 19 heavy (non-hydrogen) atoms. The van der Waals surface area contributed by atoms with E-state index in [1.807, 2.05) is 24.3 Å². The molecule has 1 unspecified atom stereocenters. The molecule has 0 bridgehead atoms. The van der Waals surface area contributed by atoms with Gasteiger partial charge in [-0.05, 0) is 37.6 Å². The summed E-state index contributed by atoms with van der Waals surface area (Å²) < 4.78 is 0. The Morgan fingerprint density at radius 3 is 2.63 bits per heavy atom. The lowest BCUT2D eigenvalue weighted by molar-refractivity contribution is 0.179. The van der Waals surface area contributed by atoms with E-state index in [0.717, 1.165) is 44.8 Å². The molecule has 0 aromatic heterocycles. The van der Waals surface area contributed by atoms with E-state index in [1.165, 1.54) is 0 Å². The number of nitrogens with one attached hydrogen (secondary N) is 2. The second-order valence-electron chi connectivity index (χ2n) is 5.04. The first-order valence-electron chi connectivity index (χ1n) is 6.98. The molecule has 1 aromatic rings. The van der Waals surface area contributed by atoms with Gasteiger partial charge in [-0.1, -0.05) is 0 Å². The average molecular weight is 258 g/mol. The highest BCUT2D eigenvalue weighted by Crippen LogP contribution is 2.10. The lowest BCUT2D eigenvalue weighted by atomic mass is 10.1. The van der Waals surface area contributed by atoms with E-state index >= 15 is 0 Å². The number of piperazine rings is 1. The fraction of sp³-hybridized carbons (Fsp3) is 0.533. The van der Waals surface area contributed by atoms with Crippen molar-refractivity contribution in [2.75, 3.05) is 38.0 Å². The van der Waals surface area contributed by atoms with Gasteiger partial charge in [0.2, 0.25) is 0 Å². The molecular formula is C15H22N4. The van der Waals surface area contributed by atoms with Crippen molar-refractivity contribution in [3.8, 4) is 6.07 Å². The van der Waals surface area contributed by atoms with Gasteiger partial charge in [0, 0.05) is 44.5 Å². The molecule has 102 valence electrons. The number of benzene rings is 1. The first-order valence-corrected chi connectivity index (χ1v) is 6.98. The van der Waals surface area contributed by atoms with Crippen LogP contribution in [0, 0.1) is 11.3 Å². The summed E-state index contributed by atoms with van der Waals surface area (Å²) in [6, 6.07) is 10.4. The summed E-state index contributed by atoms with van der Waals surface area (Å²) in [5, 5.41) is 15.5. The molecule has 1 saturated heterocycles. The summed E-state index contributed by atoms with van der Waals surface area (Å²) in [6.07, 6.45) is 1.14. The molecule has 4 heteroatoms. The second kappa shape index (κ2) is 7.13. The molecule has 0 spiro atoms. The van der Waals surface area contributed by atoms with Crippen LogP contribution in [-0.2, 0) is 0 Å². The molecule has 0 amide bonds. The summed E-state index contributed by atoms with van der Waals surface area (Å²) >= 11 is 0. The third kappa shape index (κ3) is 4.23. The van der Waals surface area contributed by atoms with Gasteiger partial charge in [0.05, 0.1) is 11.6 Å². The molecule has 2 N–H and O–H groups in total. The average Bonchev–Trinajstić information content (AvgIpc) is 2.49. The van der Waals surface area contributed by atoms with Gasteiger partial charge in [0.1, 0.15) is 0 Å². The zero-order valence-corrected chi connectivity index (χ0v) is 11.5. The van der Waals surface area contributed by atoms with Crippen molar-refractivity contribution in [1.82, 2.24) is 10.2 Å². The number of nitrogens with zero attached hydrogens (tertiary/aromatic N) is 2. The van der Waals surface area contributed by atoms with Crippen LogP contribution in [-0.4, -0.2) is 43.7 Å². The lowest BCUT2D eigenvalue weighted by Crippen LogP contribution is -2.47. The molecule has 0 radical (unpaired) electrons. The van der Waals surface area contributed by atoms with Crippen LogP contribution in [0.15, 0.2) is 24.3 Å². The van der Waals surface area contributed by atoms with Crippen LogP contribution < -0.4 is 10.6 Å². The van der Waals surface area contributed by atoms with Crippen molar-refractivity contribution in [1.29, 1.82) is 5.26 Å². The summed E-state index contributed by atoms with van der Waals surface area (Å²) in [4.78, 5) is 2.54. The zero-order chi connectivity index (χ0) is 13.5. The molecule has 4 nitrogen and oxygen atoms in total. The monoisotopic (exact) mass is 258 g/mol. The van der Waals surface area contributed by atoms with Crippen LogP contribution in [0.3, 0.4) is 0 Å². The molecule has 0 saturated carbocycles. The fourth-order valence-electron chi connectivity index (χ4n) is 2.39. The molecule has 1 atom stereocenters. The topological polar surface area (TPSA) is 51.1 Å². The van der Waals surface area contributed by atoms with Crippen molar-refractivity contribution >= 4 is 5.69 Å². The van der Waals surface area contributed by atoms with Crippen molar-refractivity contribution in [3.05, 3.63) is 29.8 Å². The van der Waals surface area contributed by atoms with E-state index in [2.05, 4.69) is 28.5 Å². The van der Waals surface area contributed by atoms with Gasteiger partial charge < -0.3 is 10.6 Å². The minimum atomic E-state index is 0.619. The highest BCUT2D eigenvalue weighted by atomic mass is 15.2. The van der Waals surface area contributed by atoms with E-state index in [0.29, 0.717) is 11.6 Å². The normalized spacial score (nSPS) is 17.7. The quantitative estimate of drug-likeness (QED) is 0.843. The summed E-state index contributed by atoms with van der Waals surface area (Å²) in [5.74, 6) is 0. The molecular weight excluding hydrogens is 236 g/mol. The first kappa shape index (κ1) is 13.9. The van der Waals surface area contributed by atoms with Crippen molar-refractivity contribution in [2.24, 2.45) is 0 Å². The third-order valence-electron chi connectivity index (χ3n) is 3.68. The Morgan fingerprint density at radius 2 is 2.00 bits per heavy atom. The number of rotatable bonds is 5. The van der Waals surface area contributed by atoms with E-state index in [-0.39, 0.29) is 0 Å². The van der Waals surface area contributed by atoms with Crippen LogP contribution in [0.4, 0.5) is 5.69 Å². The number of hydrogen-bond acceptors (Lipinski definition) is 4. The van der Waals surface area contributed by atoms with E-state index in [4.69, 9.17) is 5.26 Å². The minimum absolute atomic E-state index is 0.619. The number of nitriles is 1. The Morgan fingerprint density at radius 1 is 1.32 bits per heavy atom. The molecule has 1 aromatic carbocycles. The molecule has 0 aliphatic carbocycles. The lowest BCUT2D eigenvalue weighted by Gasteiger charge is -2.32. The SMILES string of the molecule is CC(CCNc1ccc(C#N)cc1)N1CCNCC1. The number of anilines is 1. The summed E-state index contributed by atoms with van der Waals surface area (Å²) in [5.41, 5.74) is 1.80. The standard InChI is InChI=1S/C15H22N4/c1-13(19-10-8-17-9-11-19)6-7-18-15-4-2-14(12-16)3-5-15/h2-5,13,17-18H,6-11H2,1H3. The second-order valence-corrected chi connectivity index (χ2v) is 5.04. The Balaban J connectivity index is 1.71. The van der Waals surface area contributed by atoms with Gasteiger partial charge in [0.25, 0.3) is 0 Å². The van der Waals surface area contributed by atoms with Gasteiger partial charge in [-0.3, -0.25) is 4.90 Å². The molecule has 1 aliphatic heterocycles. The highest BCUT2D eigenvalue weighted by Gasteiger charge is 2.15. The Bertz CT molecular complexity index is 415. The van der Waals surface area contributed by atoms with Gasteiger partial charge in [-0.2, -0.15) is 5.26 Å². The maximum Gasteiger partial charge on any atom is 0.0991 e. The maximum absolute atomic E-state index is 8.74. The van der Waals surface area contributed by atoms with Crippen LogP contribution in [0.5, 0.6) is 0 Å². The fourth-order valence-corrected chi connectivity index (χ4v) is 2.39. The van der Waals surface area contributed by atoms with Crippen molar-refractivity contribution < 1.29 is 0 Å². The van der Waals surface area contributed by atoms with Crippen LogP contribution in [0.1, 0.15) is 18.9 Å². The predicted octanol–water partition coefficient (Wildman–Crippen LogP) is 1.65. The predicted molar refractivity (Wildman–Crippen MR) is 78.2 cm³/mol. The van der Waals surface area contributed by atoms with Gasteiger partial charge in [-0.15, -0.1) is 0 Å². The Kier molecular flexibility index (Phi) is 5.20. The maximum atomic E-state index is 8.74. The highest BCUT2D eigenvalue weighted by molar-refractivity contribution is 5.47. The van der Waals surface area contributed by atoms with Gasteiger partial charge in [-0.25, -0.2) is 0 Å². The molecule has 1 fully saturated rings. The van der Waals surface area contributed by atoms with Gasteiger partial charge >= 0.3 is 0 Å². The van der Waals surface area contributed by atoms with E-state index in [9.17, 15) is 0 Å². The molecule has 1 aliphatic rings. The van der Waals surface area contributed by atoms with Crippen molar-refractivity contribution in [3.63, 3.8) is 0 Å². The number of hydrogen-bond donors (Lipinski definition) is 2. The summed E-state index contributed by atoms with van der Waals surface area (Å²) in [7, 11) is 0. The molecule has 1 heterocycles. The molecule has 2 rings (SSSR count). The largest absolute Gasteiger partial charge is 0.385 e. The van der Waals surface area contributed by atoms with Crippen molar-refractivity contribution in [2.45, 2.75) is 19.4 Å². The van der Waals surface area contributed by atoms with Crippen LogP contribution in [0.25, 0.3) is 0 Å². The van der Waals surface area contributed by atoms with Gasteiger partial charge in [0.15, 0.2) is 0 Å². The van der Waals surface area contributed by atoms with Crippen LogP contribution >= 0.6 is 0 Å². The van der Waals surface area contributed by atoms with E-state index in [1.54, 1.807) is 0 Å². The third-order valence-corrected chi connectivity index (χ3v) is 3.68. The minimum Gasteiger partial charge on any atom is -0.385 e. The first-order chi connectivity index (χ1) is 9.29. The smallest absolute Gasteiger partial charge is 0.0991 e.